The number of nitrogens with zero attached hydrogens (tertiary/aromatic N) is 4. The second kappa shape index (κ2) is 7.69. The summed E-state index contributed by atoms with van der Waals surface area (Å²) >= 11 is 0. The lowest BCUT2D eigenvalue weighted by molar-refractivity contribution is 0.102. The minimum absolute atomic E-state index is 0.136. The van der Waals surface area contributed by atoms with Crippen molar-refractivity contribution < 1.29 is 18.3 Å². The second-order valence-electron chi connectivity index (χ2n) is 6.09. The Hall–Kier alpha value is -3.40. The number of aromatic nitrogens is 4. The maximum atomic E-state index is 14.2. The van der Waals surface area contributed by atoms with E-state index in [0.717, 1.165) is 6.20 Å². The molecule has 0 saturated carbocycles. The van der Waals surface area contributed by atoms with E-state index in [2.05, 4.69) is 25.5 Å². The van der Waals surface area contributed by atoms with E-state index in [1.807, 2.05) is 4.90 Å². The lowest BCUT2D eigenvalue weighted by Gasteiger charge is -2.26. The zero-order valence-electron chi connectivity index (χ0n) is 14.7. The molecule has 1 fully saturated rings. The number of carbonyl (C=O) groups is 1. The molecule has 28 heavy (non-hydrogen) atoms. The van der Waals surface area contributed by atoms with E-state index in [1.54, 1.807) is 6.07 Å². The van der Waals surface area contributed by atoms with Gasteiger partial charge in [-0.15, -0.1) is 0 Å². The molecule has 1 amide bonds. The van der Waals surface area contributed by atoms with Gasteiger partial charge in [-0.05, 0) is 12.1 Å². The number of aromatic amines is 1. The molecular weight excluding hydrogens is 370 g/mol. The zero-order valence-corrected chi connectivity index (χ0v) is 14.7. The molecule has 1 saturated heterocycles. The fourth-order valence-corrected chi connectivity index (χ4v) is 2.86. The van der Waals surface area contributed by atoms with Crippen LogP contribution in [0.5, 0.6) is 0 Å². The molecule has 1 aliphatic heterocycles. The van der Waals surface area contributed by atoms with E-state index in [4.69, 9.17) is 4.74 Å². The van der Waals surface area contributed by atoms with Gasteiger partial charge in [0.2, 0.25) is 5.95 Å². The maximum absolute atomic E-state index is 14.2. The molecule has 2 aromatic heterocycles. The van der Waals surface area contributed by atoms with Crippen LogP contribution in [0.3, 0.4) is 0 Å². The molecule has 1 aromatic carbocycles. The Morgan fingerprint density at radius 3 is 2.82 bits per heavy atom. The number of carbonyl (C=O) groups excluding carboxylic acids is 1. The molecule has 144 valence electrons. The first-order valence-electron chi connectivity index (χ1n) is 8.58. The molecule has 0 radical (unpaired) electrons. The van der Waals surface area contributed by atoms with Crippen molar-refractivity contribution in [2.75, 3.05) is 36.5 Å². The number of hydrogen-bond acceptors (Lipinski definition) is 6. The summed E-state index contributed by atoms with van der Waals surface area (Å²) in [5.74, 6) is -1.78. The SMILES string of the molecule is O=C(Nc1nc(N2CCOCC2)ncc1F)c1cn[nH]c1-c1cccc(F)c1. The summed E-state index contributed by atoms with van der Waals surface area (Å²) in [7, 11) is 0. The fourth-order valence-electron chi connectivity index (χ4n) is 2.86. The number of H-pyrrole nitrogens is 1. The first-order chi connectivity index (χ1) is 13.6. The van der Waals surface area contributed by atoms with Gasteiger partial charge >= 0.3 is 0 Å². The molecule has 3 aromatic rings. The quantitative estimate of drug-likeness (QED) is 0.714. The molecule has 8 nitrogen and oxygen atoms in total. The highest BCUT2D eigenvalue weighted by atomic mass is 19.1. The van der Waals surface area contributed by atoms with Gasteiger partial charge in [0.25, 0.3) is 5.91 Å². The van der Waals surface area contributed by atoms with Crippen LogP contribution in [0.15, 0.2) is 36.7 Å². The molecule has 0 spiro atoms. The van der Waals surface area contributed by atoms with Crippen molar-refractivity contribution in [1.29, 1.82) is 0 Å². The molecule has 10 heteroatoms. The van der Waals surface area contributed by atoms with Gasteiger partial charge in [0.1, 0.15) is 5.82 Å². The van der Waals surface area contributed by atoms with Gasteiger partial charge in [-0.1, -0.05) is 12.1 Å². The molecule has 1 aliphatic rings. The van der Waals surface area contributed by atoms with Crippen LogP contribution in [0.25, 0.3) is 11.3 Å². The normalized spacial score (nSPS) is 14.1. The molecule has 3 heterocycles. The molecule has 4 rings (SSSR count). The van der Waals surface area contributed by atoms with Crippen LogP contribution in [-0.2, 0) is 4.74 Å². The van der Waals surface area contributed by atoms with Gasteiger partial charge < -0.3 is 15.0 Å². The smallest absolute Gasteiger partial charge is 0.260 e. The lowest BCUT2D eigenvalue weighted by Crippen LogP contribution is -2.37. The van der Waals surface area contributed by atoms with Crippen molar-refractivity contribution in [3.05, 3.63) is 53.9 Å². The molecule has 0 atom stereocenters. The number of benzene rings is 1. The summed E-state index contributed by atoms with van der Waals surface area (Å²) in [6, 6.07) is 5.72. The van der Waals surface area contributed by atoms with Crippen LogP contribution in [-0.4, -0.2) is 52.4 Å². The highest BCUT2D eigenvalue weighted by Crippen LogP contribution is 2.23. The highest BCUT2D eigenvalue weighted by molar-refractivity contribution is 6.07. The van der Waals surface area contributed by atoms with Gasteiger partial charge in [0, 0.05) is 18.7 Å². The van der Waals surface area contributed by atoms with Gasteiger partial charge in [0.05, 0.1) is 36.9 Å². The highest BCUT2D eigenvalue weighted by Gasteiger charge is 2.20. The predicted molar refractivity (Wildman–Crippen MR) is 97.0 cm³/mol. The number of rotatable bonds is 4. The Morgan fingerprint density at radius 1 is 1.21 bits per heavy atom. The average Bonchev–Trinajstić information content (AvgIpc) is 3.20. The van der Waals surface area contributed by atoms with E-state index in [-0.39, 0.29) is 11.4 Å². The van der Waals surface area contributed by atoms with Crippen LogP contribution in [0.4, 0.5) is 20.5 Å². The van der Waals surface area contributed by atoms with Crippen LogP contribution in [0.2, 0.25) is 0 Å². The first-order valence-corrected chi connectivity index (χ1v) is 8.58. The van der Waals surface area contributed by atoms with Gasteiger partial charge in [-0.2, -0.15) is 10.1 Å². The van der Waals surface area contributed by atoms with E-state index >= 15 is 0 Å². The van der Waals surface area contributed by atoms with Crippen molar-refractivity contribution in [2.24, 2.45) is 0 Å². The van der Waals surface area contributed by atoms with Crippen LogP contribution in [0.1, 0.15) is 10.4 Å². The Kier molecular flexibility index (Phi) is 4.94. The van der Waals surface area contributed by atoms with Crippen molar-refractivity contribution in [3.8, 4) is 11.3 Å². The summed E-state index contributed by atoms with van der Waals surface area (Å²) in [6.07, 6.45) is 2.30. The summed E-state index contributed by atoms with van der Waals surface area (Å²) in [4.78, 5) is 22.6. The molecular formula is C18H16F2N6O2. The minimum atomic E-state index is -0.763. The summed E-state index contributed by atoms with van der Waals surface area (Å²) < 4.78 is 32.9. The molecule has 2 N–H and O–H groups in total. The molecule has 0 bridgehead atoms. The fraction of sp³-hybridized carbons (Fsp3) is 0.222. The number of anilines is 2. The summed E-state index contributed by atoms with van der Waals surface area (Å²) in [5, 5.41) is 8.96. The standard InChI is InChI=1S/C18H16F2N6O2/c19-12-3-1-2-11(8-12)15-13(9-22-25-15)17(27)23-16-14(20)10-21-18(24-16)26-4-6-28-7-5-26/h1-3,8-10H,4-7H2,(H,22,25)(H,21,23,24,27). The number of nitrogens with one attached hydrogen (secondary N) is 2. The van der Waals surface area contributed by atoms with Crippen molar-refractivity contribution in [3.63, 3.8) is 0 Å². The minimum Gasteiger partial charge on any atom is -0.378 e. The third-order valence-corrected chi connectivity index (χ3v) is 4.25. The monoisotopic (exact) mass is 386 g/mol. The van der Waals surface area contributed by atoms with E-state index in [9.17, 15) is 13.6 Å². The third-order valence-electron chi connectivity index (χ3n) is 4.25. The van der Waals surface area contributed by atoms with Crippen LogP contribution < -0.4 is 10.2 Å². The first kappa shape index (κ1) is 18.0. The lowest BCUT2D eigenvalue weighted by atomic mass is 10.1. The Labute approximate surface area is 158 Å². The van der Waals surface area contributed by atoms with E-state index in [0.29, 0.717) is 43.5 Å². The Bertz CT molecular complexity index is 1000. The van der Waals surface area contributed by atoms with Crippen molar-refractivity contribution in [1.82, 2.24) is 20.2 Å². The number of halogens is 2. The van der Waals surface area contributed by atoms with E-state index in [1.165, 1.54) is 24.4 Å². The largest absolute Gasteiger partial charge is 0.378 e. The zero-order chi connectivity index (χ0) is 19.5. The van der Waals surface area contributed by atoms with Gasteiger partial charge in [0.15, 0.2) is 11.6 Å². The predicted octanol–water partition coefficient (Wildman–Crippen LogP) is 2.23. The van der Waals surface area contributed by atoms with Crippen molar-refractivity contribution >= 4 is 17.7 Å². The molecule has 0 unspecified atom stereocenters. The number of morpholine rings is 1. The number of ether oxygens (including phenoxy) is 1. The van der Waals surface area contributed by atoms with Crippen LogP contribution >= 0.6 is 0 Å². The summed E-state index contributed by atoms with van der Waals surface area (Å²) in [6.45, 7) is 2.19. The average molecular weight is 386 g/mol. The Morgan fingerprint density at radius 2 is 2.04 bits per heavy atom. The summed E-state index contributed by atoms with van der Waals surface area (Å²) in [5.41, 5.74) is 0.899. The van der Waals surface area contributed by atoms with E-state index < -0.39 is 17.5 Å². The number of amides is 1. The third kappa shape index (κ3) is 3.67. The van der Waals surface area contributed by atoms with Gasteiger partial charge in [-0.3, -0.25) is 9.89 Å². The van der Waals surface area contributed by atoms with Crippen LogP contribution in [0, 0.1) is 11.6 Å². The topological polar surface area (TPSA) is 96.0 Å². The molecule has 0 aliphatic carbocycles. The number of hydrogen-bond donors (Lipinski definition) is 2. The van der Waals surface area contributed by atoms with Crippen molar-refractivity contribution in [2.45, 2.75) is 0 Å². The Balaban J connectivity index is 1.58. The maximum Gasteiger partial charge on any atom is 0.260 e. The van der Waals surface area contributed by atoms with Gasteiger partial charge in [-0.25, -0.2) is 13.8 Å². The second-order valence-corrected chi connectivity index (χ2v) is 6.09.